The van der Waals surface area contributed by atoms with Gasteiger partial charge in [0.05, 0.1) is 16.7 Å². The van der Waals surface area contributed by atoms with Gasteiger partial charge in [0.25, 0.3) is 0 Å². The number of methoxy groups -OCH3 is 1. The largest absolute Gasteiger partial charge is 0.384 e. The third-order valence-corrected chi connectivity index (χ3v) is 4.11. The van der Waals surface area contributed by atoms with E-state index < -0.39 is 0 Å². The van der Waals surface area contributed by atoms with Crippen molar-refractivity contribution < 1.29 is 4.74 Å². The maximum Gasteiger partial charge on any atom is 0.126 e. The summed E-state index contributed by atoms with van der Waals surface area (Å²) in [4.78, 5) is 2.21. The first-order valence-electron chi connectivity index (χ1n) is 6.45. The number of rotatable bonds is 3. The Hall–Kier alpha value is -1.26. The number of amidine groups is 1. The van der Waals surface area contributed by atoms with Crippen LogP contribution in [-0.2, 0) is 4.74 Å². The molecular weight excluding hydrogens is 262 g/mol. The summed E-state index contributed by atoms with van der Waals surface area (Å²) in [6, 6.07) is 5.62. The van der Waals surface area contributed by atoms with Crippen molar-refractivity contribution in [1.29, 1.82) is 5.41 Å². The molecule has 0 aromatic heterocycles. The zero-order valence-corrected chi connectivity index (χ0v) is 12.1. The van der Waals surface area contributed by atoms with Gasteiger partial charge in [-0.1, -0.05) is 24.6 Å². The quantitative estimate of drug-likeness (QED) is 0.661. The lowest BCUT2D eigenvalue weighted by molar-refractivity contribution is 0.0498. The van der Waals surface area contributed by atoms with Crippen LogP contribution in [0.2, 0.25) is 5.02 Å². The predicted molar refractivity (Wildman–Crippen MR) is 79.3 cm³/mol. The highest BCUT2D eigenvalue weighted by Gasteiger charge is 2.28. The van der Waals surface area contributed by atoms with Crippen molar-refractivity contribution in [1.82, 2.24) is 0 Å². The maximum absolute atomic E-state index is 7.71. The van der Waals surface area contributed by atoms with E-state index in [0.29, 0.717) is 16.5 Å². The summed E-state index contributed by atoms with van der Waals surface area (Å²) in [5.74, 6) is 0.550. The minimum Gasteiger partial charge on any atom is -0.384 e. The number of hydrogen-bond donors (Lipinski definition) is 2. The van der Waals surface area contributed by atoms with Crippen LogP contribution in [0.1, 0.15) is 18.9 Å². The molecule has 0 aliphatic carbocycles. The zero-order chi connectivity index (χ0) is 14.0. The molecule has 3 N–H and O–H groups in total. The number of hydrogen-bond acceptors (Lipinski definition) is 3. The SMILES string of the molecule is COC1CN(c2cccc(Cl)c2C(=N)N)CCC1C. The standard InChI is InChI=1S/C14H20ClN3O/c1-9-6-7-18(8-12(9)19-2)11-5-3-4-10(15)13(11)14(16)17/h3-5,9,12H,6-8H2,1-2H3,(H3,16,17). The summed E-state index contributed by atoms with van der Waals surface area (Å²) in [6.45, 7) is 3.94. The van der Waals surface area contributed by atoms with Crippen molar-refractivity contribution in [3.63, 3.8) is 0 Å². The van der Waals surface area contributed by atoms with Crippen LogP contribution in [0.5, 0.6) is 0 Å². The van der Waals surface area contributed by atoms with Gasteiger partial charge in [0.1, 0.15) is 5.84 Å². The summed E-state index contributed by atoms with van der Waals surface area (Å²) in [5, 5.41) is 8.23. The molecule has 0 saturated carbocycles. The average Bonchev–Trinajstić information content (AvgIpc) is 2.38. The molecule has 1 aromatic carbocycles. The van der Waals surface area contributed by atoms with Crippen molar-refractivity contribution in [2.45, 2.75) is 19.4 Å². The summed E-state index contributed by atoms with van der Waals surface area (Å²) in [7, 11) is 1.74. The van der Waals surface area contributed by atoms with E-state index >= 15 is 0 Å². The van der Waals surface area contributed by atoms with Gasteiger partial charge < -0.3 is 15.4 Å². The van der Waals surface area contributed by atoms with Gasteiger partial charge in [-0.05, 0) is 24.5 Å². The van der Waals surface area contributed by atoms with Gasteiger partial charge in [-0.2, -0.15) is 0 Å². The molecule has 1 fully saturated rings. The van der Waals surface area contributed by atoms with Crippen LogP contribution in [0.4, 0.5) is 5.69 Å². The van der Waals surface area contributed by atoms with E-state index in [-0.39, 0.29) is 11.9 Å². The van der Waals surface area contributed by atoms with Crippen molar-refractivity contribution in [3.05, 3.63) is 28.8 Å². The fraction of sp³-hybridized carbons (Fsp3) is 0.500. The van der Waals surface area contributed by atoms with Crippen molar-refractivity contribution in [2.75, 3.05) is 25.1 Å². The Bertz CT molecular complexity index is 478. The number of anilines is 1. The maximum atomic E-state index is 7.71. The van der Waals surface area contributed by atoms with Crippen LogP contribution in [0, 0.1) is 11.3 Å². The topological polar surface area (TPSA) is 62.3 Å². The highest BCUT2D eigenvalue weighted by molar-refractivity contribution is 6.34. The number of halogens is 1. The Balaban J connectivity index is 2.32. The molecule has 2 atom stereocenters. The zero-order valence-electron chi connectivity index (χ0n) is 11.3. The third kappa shape index (κ3) is 2.85. The molecule has 104 valence electrons. The van der Waals surface area contributed by atoms with Crippen LogP contribution < -0.4 is 10.6 Å². The van der Waals surface area contributed by atoms with Crippen LogP contribution in [-0.4, -0.2) is 32.1 Å². The molecule has 0 bridgehead atoms. The first kappa shape index (κ1) is 14.2. The molecule has 0 spiro atoms. The van der Waals surface area contributed by atoms with Crippen LogP contribution in [0.25, 0.3) is 0 Å². The first-order valence-corrected chi connectivity index (χ1v) is 6.83. The van der Waals surface area contributed by atoms with E-state index in [1.807, 2.05) is 12.1 Å². The summed E-state index contributed by atoms with van der Waals surface area (Å²) in [5.41, 5.74) is 7.20. The molecule has 1 aliphatic heterocycles. The molecule has 0 amide bonds. The molecule has 1 aromatic rings. The number of nitrogens with two attached hydrogens (primary N) is 1. The van der Waals surface area contributed by atoms with Gasteiger partial charge in [0.2, 0.25) is 0 Å². The fourth-order valence-electron chi connectivity index (χ4n) is 2.60. The number of ether oxygens (including phenoxy) is 1. The lowest BCUT2D eigenvalue weighted by Gasteiger charge is -2.38. The number of nitrogens with one attached hydrogen (secondary N) is 1. The smallest absolute Gasteiger partial charge is 0.126 e. The molecule has 2 unspecified atom stereocenters. The second kappa shape index (κ2) is 5.80. The highest BCUT2D eigenvalue weighted by Crippen LogP contribution is 2.31. The third-order valence-electron chi connectivity index (χ3n) is 3.79. The van der Waals surface area contributed by atoms with E-state index in [1.165, 1.54) is 0 Å². The Labute approximate surface area is 119 Å². The van der Waals surface area contributed by atoms with Gasteiger partial charge in [-0.25, -0.2) is 0 Å². The minimum atomic E-state index is 0.00758. The lowest BCUT2D eigenvalue weighted by atomic mass is 9.95. The summed E-state index contributed by atoms with van der Waals surface area (Å²) >= 11 is 6.16. The number of benzene rings is 1. The van der Waals surface area contributed by atoms with Gasteiger partial charge >= 0.3 is 0 Å². The van der Waals surface area contributed by atoms with E-state index in [9.17, 15) is 0 Å². The van der Waals surface area contributed by atoms with Gasteiger partial charge in [-0.3, -0.25) is 5.41 Å². The van der Waals surface area contributed by atoms with E-state index in [1.54, 1.807) is 13.2 Å². The van der Waals surface area contributed by atoms with Crippen molar-refractivity contribution >= 4 is 23.1 Å². The number of nitrogens with zero attached hydrogens (tertiary/aromatic N) is 1. The monoisotopic (exact) mass is 281 g/mol. The Morgan fingerprint density at radius 1 is 1.53 bits per heavy atom. The van der Waals surface area contributed by atoms with E-state index in [2.05, 4.69) is 11.8 Å². The van der Waals surface area contributed by atoms with Gasteiger partial charge in [-0.15, -0.1) is 0 Å². The van der Waals surface area contributed by atoms with Crippen LogP contribution >= 0.6 is 11.6 Å². The summed E-state index contributed by atoms with van der Waals surface area (Å²) < 4.78 is 5.53. The molecule has 4 nitrogen and oxygen atoms in total. The van der Waals surface area contributed by atoms with Crippen molar-refractivity contribution in [3.8, 4) is 0 Å². The molecule has 1 aliphatic rings. The lowest BCUT2D eigenvalue weighted by Crippen LogP contribution is -2.44. The number of piperidine rings is 1. The number of nitrogen functional groups attached to an aromatic ring is 1. The molecule has 1 heterocycles. The highest BCUT2D eigenvalue weighted by atomic mass is 35.5. The van der Waals surface area contributed by atoms with Gasteiger partial charge in [0.15, 0.2) is 0 Å². The summed E-state index contributed by atoms with van der Waals surface area (Å²) in [6.07, 6.45) is 1.26. The van der Waals surface area contributed by atoms with Crippen LogP contribution in [0.15, 0.2) is 18.2 Å². The van der Waals surface area contributed by atoms with Crippen molar-refractivity contribution in [2.24, 2.45) is 11.7 Å². The Morgan fingerprint density at radius 3 is 2.89 bits per heavy atom. The molecule has 5 heteroatoms. The second-order valence-corrected chi connectivity index (χ2v) is 5.44. The predicted octanol–water partition coefficient (Wildman–Crippen LogP) is 2.49. The normalized spacial score (nSPS) is 23.4. The van der Waals surface area contributed by atoms with Gasteiger partial charge in [0, 0.05) is 25.9 Å². The molecule has 19 heavy (non-hydrogen) atoms. The first-order chi connectivity index (χ1) is 9.04. The van der Waals surface area contributed by atoms with E-state index in [4.69, 9.17) is 27.5 Å². The average molecular weight is 282 g/mol. The second-order valence-electron chi connectivity index (χ2n) is 5.03. The minimum absolute atomic E-state index is 0.00758. The van der Waals surface area contributed by atoms with Crippen LogP contribution in [0.3, 0.4) is 0 Å². The Kier molecular flexibility index (Phi) is 4.32. The molecule has 1 saturated heterocycles. The molecule has 2 rings (SSSR count). The molecular formula is C14H20ClN3O. The van der Waals surface area contributed by atoms with E-state index in [0.717, 1.165) is 25.2 Å². The fourth-order valence-corrected chi connectivity index (χ4v) is 2.87. The molecule has 0 radical (unpaired) electrons. The Morgan fingerprint density at radius 2 is 2.26 bits per heavy atom.